The minimum absolute atomic E-state index is 0.0312. The maximum atomic E-state index is 12.6. The van der Waals surface area contributed by atoms with Crippen molar-refractivity contribution in [2.45, 2.75) is 33.1 Å². The average Bonchev–Trinajstić information content (AvgIpc) is 3.08. The normalized spacial score (nSPS) is 17.3. The average molecular weight is 372 g/mol. The number of anilines is 1. The molecule has 1 N–H and O–H groups in total. The summed E-state index contributed by atoms with van der Waals surface area (Å²) in [6, 6.07) is 10.2. The van der Waals surface area contributed by atoms with E-state index in [9.17, 15) is 9.59 Å². The molecule has 6 heteroatoms. The van der Waals surface area contributed by atoms with Gasteiger partial charge in [0.15, 0.2) is 5.13 Å². The predicted octanol–water partition coefficient (Wildman–Crippen LogP) is 3.57. The molecule has 26 heavy (non-hydrogen) atoms. The molecule has 1 aromatic carbocycles. The smallest absolute Gasteiger partial charge is 0.231 e. The molecule has 1 aliphatic rings. The molecule has 0 aliphatic carbocycles. The van der Waals surface area contributed by atoms with Crippen molar-refractivity contribution in [1.82, 2.24) is 9.88 Å². The molecular formula is C20H25N3O2S. The molecule has 3 rings (SSSR count). The van der Waals surface area contributed by atoms with E-state index < -0.39 is 0 Å². The minimum atomic E-state index is -0.159. The van der Waals surface area contributed by atoms with Gasteiger partial charge in [0.25, 0.3) is 0 Å². The third kappa shape index (κ3) is 4.69. The van der Waals surface area contributed by atoms with E-state index in [1.807, 2.05) is 43.1 Å². The first kappa shape index (κ1) is 18.6. The van der Waals surface area contributed by atoms with Gasteiger partial charge in [0.2, 0.25) is 11.8 Å². The number of nitrogens with one attached hydrogen (secondary N) is 1. The number of nitrogens with zero attached hydrogens (tertiary/aromatic N) is 2. The summed E-state index contributed by atoms with van der Waals surface area (Å²) in [6.45, 7) is 5.05. The number of benzene rings is 1. The van der Waals surface area contributed by atoms with Gasteiger partial charge in [0, 0.05) is 36.5 Å². The summed E-state index contributed by atoms with van der Waals surface area (Å²) >= 11 is 1.51. The monoisotopic (exact) mass is 371 g/mol. The third-order valence-electron chi connectivity index (χ3n) is 4.60. The molecule has 0 radical (unpaired) electrons. The summed E-state index contributed by atoms with van der Waals surface area (Å²) in [7, 11) is 0. The van der Waals surface area contributed by atoms with Crippen molar-refractivity contribution in [3.05, 3.63) is 47.0 Å². The molecule has 138 valence electrons. The van der Waals surface area contributed by atoms with Crippen LogP contribution in [0.25, 0.3) is 0 Å². The lowest BCUT2D eigenvalue weighted by molar-refractivity contribution is -0.137. The van der Waals surface area contributed by atoms with Crippen LogP contribution in [0.5, 0.6) is 0 Å². The highest BCUT2D eigenvalue weighted by molar-refractivity contribution is 7.15. The number of likely N-dealkylation sites (tertiary alicyclic amines) is 1. The topological polar surface area (TPSA) is 62.3 Å². The quantitative estimate of drug-likeness (QED) is 0.874. The van der Waals surface area contributed by atoms with E-state index in [2.05, 4.69) is 22.4 Å². The molecule has 2 aromatic rings. The molecule has 1 unspecified atom stereocenters. The van der Waals surface area contributed by atoms with Gasteiger partial charge in [-0.1, -0.05) is 44.2 Å². The second-order valence-corrected chi connectivity index (χ2v) is 8.18. The summed E-state index contributed by atoms with van der Waals surface area (Å²) in [5, 5.41) is 3.57. The second kappa shape index (κ2) is 8.45. The van der Waals surface area contributed by atoms with Gasteiger partial charge in [-0.3, -0.25) is 9.59 Å². The van der Waals surface area contributed by atoms with Gasteiger partial charge in [0.05, 0.1) is 5.92 Å². The fraction of sp³-hybridized carbons (Fsp3) is 0.450. The number of thiazole rings is 1. The Morgan fingerprint density at radius 1 is 1.31 bits per heavy atom. The number of carbonyl (C=O) groups is 2. The van der Waals surface area contributed by atoms with E-state index in [0.29, 0.717) is 11.7 Å². The van der Waals surface area contributed by atoms with Crippen molar-refractivity contribution >= 4 is 28.3 Å². The van der Waals surface area contributed by atoms with E-state index in [0.717, 1.165) is 30.7 Å². The lowest BCUT2D eigenvalue weighted by Gasteiger charge is -2.33. The van der Waals surface area contributed by atoms with Gasteiger partial charge < -0.3 is 10.2 Å². The van der Waals surface area contributed by atoms with Crippen LogP contribution < -0.4 is 5.32 Å². The number of aromatic nitrogens is 1. The van der Waals surface area contributed by atoms with Crippen LogP contribution in [0.15, 0.2) is 36.5 Å². The van der Waals surface area contributed by atoms with Crippen molar-refractivity contribution < 1.29 is 9.59 Å². The third-order valence-corrected chi connectivity index (χ3v) is 5.52. The number of rotatable bonds is 5. The van der Waals surface area contributed by atoms with Crippen molar-refractivity contribution in [2.75, 3.05) is 18.4 Å². The van der Waals surface area contributed by atoms with Crippen LogP contribution in [0.1, 0.15) is 37.1 Å². The van der Waals surface area contributed by atoms with Gasteiger partial charge in [-0.2, -0.15) is 0 Å². The Morgan fingerprint density at radius 3 is 2.81 bits per heavy atom. The van der Waals surface area contributed by atoms with Gasteiger partial charge in [-0.25, -0.2) is 4.98 Å². The maximum Gasteiger partial charge on any atom is 0.231 e. The fourth-order valence-electron chi connectivity index (χ4n) is 3.21. The first-order valence-corrected chi connectivity index (χ1v) is 9.93. The summed E-state index contributed by atoms with van der Waals surface area (Å²) in [5.41, 5.74) is 1.23. The highest BCUT2D eigenvalue weighted by Crippen LogP contribution is 2.24. The Hall–Kier alpha value is -2.21. The van der Waals surface area contributed by atoms with Crippen molar-refractivity contribution in [2.24, 2.45) is 11.8 Å². The predicted molar refractivity (Wildman–Crippen MR) is 104 cm³/mol. The van der Waals surface area contributed by atoms with Crippen LogP contribution in [-0.4, -0.2) is 34.8 Å². The van der Waals surface area contributed by atoms with Gasteiger partial charge in [0.1, 0.15) is 0 Å². The van der Waals surface area contributed by atoms with E-state index in [1.54, 1.807) is 0 Å². The van der Waals surface area contributed by atoms with E-state index >= 15 is 0 Å². The summed E-state index contributed by atoms with van der Waals surface area (Å²) < 4.78 is 0. The largest absolute Gasteiger partial charge is 0.342 e. The lowest BCUT2D eigenvalue weighted by atomic mass is 9.96. The number of hydrogen-bond donors (Lipinski definition) is 1. The highest BCUT2D eigenvalue weighted by Gasteiger charge is 2.29. The zero-order chi connectivity index (χ0) is 18.5. The summed E-state index contributed by atoms with van der Waals surface area (Å²) in [5.74, 6) is -0.0991. The van der Waals surface area contributed by atoms with Crippen LogP contribution >= 0.6 is 11.3 Å². The summed E-state index contributed by atoms with van der Waals surface area (Å²) in [6.07, 6.45) is 4.32. The number of amides is 2. The van der Waals surface area contributed by atoms with Crippen LogP contribution in [0.4, 0.5) is 5.13 Å². The van der Waals surface area contributed by atoms with E-state index in [1.165, 1.54) is 16.9 Å². The molecule has 2 amide bonds. The van der Waals surface area contributed by atoms with Crippen molar-refractivity contribution in [1.29, 1.82) is 0 Å². The molecule has 0 bridgehead atoms. The molecule has 1 atom stereocenters. The minimum Gasteiger partial charge on any atom is -0.342 e. The fourth-order valence-corrected chi connectivity index (χ4v) is 4.06. The van der Waals surface area contributed by atoms with Crippen LogP contribution in [-0.2, 0) is 16.0 Å². The second-order valence-electron chi connectivity index (χ2n) is 7.06. The summed E-state index contributed by atoms with van der Waals surface area (Å²) in [4.78, 5) is 32.0. The Labute approximate surface area is 158 Å². The molecule has 5 nitrogen and oxygen atoms in total. The molecule has 1 aromatic heterocycles. The van der Waals surface area contributed by atoms with Gasteiger partial charge >= 0.3 is 0 Å². The van der Waals surface area contributed by atoms with Crippen LogP contribution in [0, 0.1) is 11.8 Å². The Kier molecular flexibility index (Phi) is 6.04. The molecule has 2 heterocycles. The van der Waals surface area contributed by atoms with Crippen LogP contribution in [0.3, 0.4) is 0 Å². The SMILES string of the molecule is CC(C)C(=O)N1CCCC(C(=O)Nc2ncc(Cc3ccccc3)s2)C1. The Morgan fingerprint density at radius 2 is 2.08 bits per heavy atom. The molecule has 1 aliphatic heterocycles. The maximum absolute atomic E-state index is 12.6. The van der Waals surface area contributed by atoms with Crippen molar-refractivity contribution in [3.63, 3.8) is 0 Å². The Balaban J connectivity index is 1.57. The first-order chi connectivity index (χ1) is 12.5. The standard InChI is InChI=1S/C20H25N3O2S/c1-14(2)19(25)23-10-6-9-16(13-23)18(24)22-20-21-12-17(26-20)11-15-7-4-3-5-8-15/h3-5,7-8,12,14,16H,6,9-11,13H2,1-2H3,(H,21,22,24). The van der Waals surface area contributed by atoms with Gasteiger partial charge in [-0.05, 0) is 18.4 Å². The van der Waals surface area contributed by atoms with E-state index in [-0.39, 0.29) is 23.7 Å². The zero-order valence-corrected chi connectivity index (χ0v) is 16.1. The van der Waals surface area contributed by atoms with Gasteiger partial charge in [-0.15, -0.1) is 11.3 Å². The lowest BCUT2D eigenvalue weighted by Crippen LogP contribution is -2.45. The van der Waals surface area contributed by atoms with Crippen LogP contribution in [0.2, 0.25) is 0 Å². The first-order valence-electron chi connectivity index (χ1n) is 9.11. The number of hydrogen-bond acceptors (Lipinski definition) is 4. The molecular weight excluding hydrogens is 346 g/mol. The number of piperidine rings is 1. The highest BCUT2D eigenvalue weighted by atomic mass is 32.1. The number of carbonyl (C=O) groups excluding carboxylic acids is 2. The molecule has 1 saturated heterocycles. The Bertz CT molecular complexity index is 757. The molecule has 1 fully saturated rings. The molecule has 0 spiro atoms. The molecule has 0 saturated carbocycles. The van der Waals surface area contributed by atoms with E-state index in [4.69, 9.17) is 0 Å². The zero-order valence-electron chi connectivity index (χ0n) is 15.3. The van der Waals surface area contributed by atoms with Crippen molar-refractivity contribution in [3.8, 4) is 0 Å².